The van der Waals surface area contributed by atoms with E-state index in [0.29, 0.717) is 0 Å². The van der Waals surface area contributed by atoms with Gasteiger partial charge in [-0.25, -0.2) is 0 Å². The molecule has 0 bridgehead atoms. The molecule has 1 rings (SSSR count). The molecule has 1 N–H and O–H groups in total. The Morgan fingerprint density at radius 2 is 2.07 bits per heavy atom. The van der Waals surface area contributed by atoms with Gasteiger partial charge in [-0.3, -0.25) is 0 Å². The Kier molecular flexibility index (Phi) is 3.99. The average molecular weight is 203 g/mol. The summed E-state index contributed by atoms with van der Waals surface area (Å²) < 4.78 is 0. The Labute approximate surface area is 91.3 Å². The summed E-state index contributed by atoms with van der Waals surface area (Å²) in [5.41, 5.74) is 2.11. The fourth-order valence-electron chi connectivity index (χ4n) is 1.40. The molecule has 0 aliphatic rings. The lowest BCUT2D eigenvalue weighted by atomic mass is 10.2. The van der Waals surface area contributed by atoms with E-state index in [1.807, 2.05) is 50.2 Å². The quantitative estimate of drug-likeness (QED) is 0.817. The molecule has 1 atom stereocenters. The van der Waals surface area contributed by atoms with E-state index in [0.717, 1.165) is 17.8 Å². The van der Waals surface area contributed by atoms with Gasteiger partial charge in [-0.05, 0) is 18.6 Å². The van der Waals surface area contributed by atoms with Gasteiger partial charge in [0.15, 0.2) is 0 Å². The zero-order valence-electron chi connectivity index (χ0n) is 9.49. The van der Waals surface area contributed by atoms with Gasteiger partial charge < -0.3 is 10.2 Å². The van der Waals surface area contributed by atoms with Crippen LogP contribution in [0.3, 0.4) is 0 Å². The van der Waals surface area contributed by atoms with Crippen LogP contribution >= 0.6 is 0 Å². The highest BCUT2D eigenvalue weighted by Gasteiger charge is 2.08. The number of nitrogens with one attached hydrogen (secondary N) is 1. The van der Waals surface area contributed by atoms with Crippen LogP contribution in [0.4, 0.5) is 11.4 Å². The number of rotatable bonds is 4. The van der Waals surface area contributed by atoms with Crippen molar-refractivity contribution in [2.24, 2.45) is 0 Å². The van der Waals surface area contributed by atoms with Crippen molar-refractivity contribution in [3.05, 3.63) is 24.3 Å². The normalized spacial score (nSPS) is 11.6. The third-order valence-electron chi connectivity index (χ3n) is 2.28. The van der Waals surface area contributed by atoms with Crippen LogP contribution in [0.25, 0.3) is 0 Å². The SMILES string of the molecule is CCC(C#N)Nc1ccccc1N(C)C. The van der Waals surface area contributed by atoms with Gasteiger partial charge in [-0.15, -0.1) is 0 Å². The lowest BCUT2D eigenvalue weighted by molar-refractivity contribution is 0.844. The van der Waals surface area contributed by atoms with Gasteiger partial charge in [-0.2, -0.15) is 5.26 Å². The van der Waals surface area contributed by atoms with Crippen molar-refractivity contribution < 1.29 is 0 Å². The fraction of sp³-hybridized carbons (Fsp3) is 0.417. The van der Waals surface area contributed by atoms with Gasteiger partial charge in [0.1, 0.15) is 6.04 Å². The van der Waals surface area contributed by atoms with E-state index in [9.17, 15) is 0 Å². The lowest BCUT2D eigenvalue weighted by Gasteiger charge is -2.20. The Morgan fingerprint density at radius 3 is 2.60 bits per heavy atom. The number of anilines is 2. The van der Waals surface area contributed by atoms with E-state index in [2.05, 4.69) is 11.4 Å². The van der Waals surface area contributed by atoms with Crippen molar-refractivity contribution in [1.82, 2.24) is 0 Å². The number of benzene rings is 1. The molecule has 0 saturated carbocycles. The summed E-state index contributed by atoms with van der Waals surface area (Å²) in [7, 11) is 3.99. The second-order valence-electron chi connectivity index (χ2n) is 3.65. The molecule has 1 aromatic rings. The minimum atomic E-state index is -0.119. The highest BCUT2D eigenvalue weighted by atomic mass is 15.1. The monoisotopic (exact) mass is 203 g/mol. The van der Waals surface area contributed by atoms with E-state index < -0.39 is 0 Å². The molecule has 0 amide bonds. The molecule has 0 radical (unpaired) electrons. The van der Waals surface area contributed by atoms with E-state index in [4.69, 9.17) is 5.26 Å². The van der Waals surface area contributed by atoms with Crippen LogP contribution in [0.1, 0.15) is 13.3 Å². The number of hydrogen-bond donors (Lipinski definition) is 1. The second kappa shape index (κ2) is 5.26. The van der Waals surface area contributed by atoms with Crippen molar-refractivity contribution in [1.29, 1.82) is 5.26 Å². The third kappa shape index (κ3) is 2.88. The van der Waals surface area contributed by atoms with Crippen molar-refractivity contribution in [3.8, 4) is 6.07 Å². The molecule has 1 aromatic carbocycles. The molecule has 0 heterocycles. The highest BCUT2D eigenvalue weighted by Crippen LogP contribution is 2.24. The number of nitrogens with zero attached hydrogens (tertiary/aromatic N) is 2. The molecule has 80 valence electrons. The number of para-hydroxylation sites is 2. The first-order valence-corrected chi connectivity index (χ1v) is 5.11. The van der Waals surface area contributed by atoms with Gasteiger partial charge >= 0.3 is 0 Å². The van der Waals surface area contributed by atoms with E-state index in [1.165, 1.54) is 0 Å². The molecule has 0 saturated heterocycles. The Bertz CT molecular complexity index is 352. The fourth-order valence-corrected chi connectivity index (χ4v) is 1.40. The molecule has 3 heteroatoms. The first kappa shape index (κ1) is 11.4. The van der Waals surface area contributed by atoms with Crippen LogP contribution in [0.15, 0.2) is 24.3 Å². The van der Waals surface area contributed by atoms with E-state index >= 15 is 0 Å². The largest absolute Gasteiger partial charge is 0.376 e. The average Bonchev–Trinajstić information content (AvgIpc) is 2.26. The maximum absolute atomic E-state index is 8.89. The molecule has 0 aliphatic carbocycles. The van der Waals surface area contributed by atoms with Gasteiger partial charge in [0, 0.05) is 14.1 Å². The first-order chi connectivity index (χ1) is 7.19. The maximum atomic E-state index is 8.89. The van der Waals surface area contributed by atoms with E-state index in [-0.39, 0.29) is 6.04 Å². The predicted molar refractivity (Wildman–Crippen MR) is 64.1 cm³/mol. The standard InChI is InChI=1S/C12H17N3/c1-4-10(9-13)14-11-7-5-6-8-12(11)15(2)3/h5-8,10,14H,4H2,1-3H3. The minimum absolute atomic E-state index is 0.119. The molecule has 0 aliphatic heterocycles. The molecular weight excluding hydrogens is 186 g/mol. The summed E-state index contributed by atoms with van der Waals surface area (Å²) in [4.78, 5) is 2.03. The van der Waals surface area contributed by atoms with E-state index in [1.54, 1.807) is 0 Å². The topological polar surface area (TPSA) is 39.1 Å². The Balaban J connectivity index is 2.89. The summed E-state index contributed by atoms with van der Waals surface area (Å²) in [6, 6.07) is 10.1. The van der Waals surface area contributed by atoms with Crippen LogP contribution in [0, 0.1) is 11.3 Å². The third-order valence-corrected chi connectivity index (χ3v) is 2.28. The summed E-state index contributed by atoms with van der Waals surface area (Å²) in [5.74, 6) is 0. The zero-order valence-corrected chi connectivity index (χ0v) is 9.49. The van der Waals surface area contributed by atoms with Crippen LogP contribution in [0.2, 0.25) is 0 Å². The number of nitriles is 1. The molecule has 1 unspecified atom stereocenters. The lowest BCUT2D eigenvalue weighted by Crippen LogP contribution is -2.19. The summed E-state index contributed by atoms with van der Waals surface area (Å²) >= 11 is 0. The van der Waals surface area contributed by atoms with Crippen LogP contribution in [0.5, 0.6) is 0 Å². The Hall–Kier alpha value is -1.69. The first-order valence-electron chi connectivity index (χ1n) is 5.11. The molecule has 15 heavy (non-hydrogen) atoms. The predicted octanol–water partition coefficient (Wildman–Crippen LogP) is 2.47. The molecule has 0 spiro atoms. The summed E-state index contributed by atoms with van der Waals surface area (Å²) in [5, 5.41) is 12.1. The molecule has 3 nitrogen and oxygen atoms in total. The highest BCUT2D eigenvalue weighted by molar-refractivity contribution is 5.70. The number of hydrogen-bond acceptors (Lipinski definition) is 3. The van der Waals surface area contributed by atoms with Gasteiger partial charge in [0.2, 0.25) is 0 Å². The zero-order chi connectivity index (χ0) is 11.3. The molecular formula is C12H17N3. The Morgan fingerprint density at radius 1 is 1.40 bits per heavy atom. The van der Waals surface area contributed by atoms with Crippen molar-refractivity contribution >= 4 is 11.4 Å². The van der Waals surface area contributed by atoms with Crippen LogP contribution < -0.4 is 10.2 Å². The summed E-state index contributed by atoms with van der Waals surface area (Å²) in [6.07, 6.45) is 0.804. The van der Waals surface area contributed by atoms with Gasteiger partial charge in [0.25, 0.3) is 0 Å². The second-order valence-corrected chi connectivity index (χ2v) is 3.65. The molecule has 0 fully saturated rings. The van der Waals surface area contributed by atoms with Crippen LogP contribution in [-0.4, -0.2) is 20.1 Å². The van der Waals surface area contributed by atoms with Crippen LogP contribution in [-0.2, 0) is 0 Å². The maximum Gasteiger partial charge on any atom is 0.114 e. The minimum Gasteiger partial charge on any atom is -0.376 e. The van der Waals surface area contributed by atoms with Gasteiger partial charge in [0.05, 0.1) is 17.4 Å². The van der Waals surface area contributed by atoms with Crippen molar-refractivity contribution in [2.75, 3.05) is 24.3 Å². The van der Waals surface area contributed by atoms with Crippen molar-refractivity contribution in [2.45, 2.75) is 19.4 Å². The van der Waals surface area contributed by atoms with Crippen molar-refractivity contribution in [3.63, 3.8) is 0 Å². The molecule has 0 aromatic heterocycles. The van der Waals surface area contributed by atoms with Gasteiger partial charge in [-0.1, -0.05) is 19.1 Å². The smallest absolute Gasteiger partial charge is 0.114 e. The summed E-state index contributed by atoms with van der Waals surface area (Å²) in [6.45, 7) is 2.00.